The Hall–Kier alpha value is -1.98. The molecule has 134 valence electrons. The molecule has 0 amide bonds. The van der Waals surface area contributed by atoms with Crippen LogP contribution < -0.4 is 11.1 Å². The summed E-state index contributed by atoms with van der Waals surface area (Å²) < 4.78 is 15.5. The van der Waals surface area contributed by atoms with Gasteiger partial charge in [0.1, 0.15) is 0 Å². The van der Waals surface area contributed by atoms with Crippen LogP contribution in [0, 0.1) is 0 Å². The van der Waals surface area contributed by atoms with Gasteiger partial charge in [0.15, 0.2) is 12.3 Å². The van der Waals surface area contributed by atoms with Gasteiger partial charge in [-0.15, -0.1) is 3.89 Å². The highest BCUT2D eigenvalue weighted by Crippen LogP contribution is 2.21. The predicted molar refractivity (Wildman–Crippen MR) is 110 cm³/mol. The molecule has 0 aromatic heterocycles. The quantitative estimate of drug-likeness (QED) is 0.460. The van der Waals surface area contributed by atoms with Crippen LogP contribution >= 0.6 is 23.9 Å². The van der Waals surface area contributed by atoms with E-state index in [4.69, 9.17) is 17.3 Å². The van der Waals surface area contributed by atoms with Gasteiger partial charge in [0, 0.05) is 29.9 Å². The summed E-state index contributed by atoms with van der Waals surface area (Å²) in [5.41, 5.74) is 9.33. The SMILES string of the molecule is CC.N/C=C(\C=N\SF)Cc1cc(Cl)cc(NCc2ccccc2)c1. The topological polar surface area (TPSA) is 50.4 Å². The first kappa shape index (κ1) is 21.1. The number of anilines is 1. The third-order valence-electron chi connectivity index (χ3n) is 3.18. The van der Waals surface area contributed by atoms with Crippen LogP contribution in [0.25, 0.3) is 0 Å². The van der Waals surface area contributed by atoms with E-state index in [2.05, 4.69) is 21.8 Å². The summed E-state index contributed by atoms with van der Waals surface area (Å²) in [5, 5.41) is 3.97. The van der Waals surface area contributed by atoms with Crippen LogP contribution in [0.5, 0.6) is 0 Å². The number of benzene rings is 2. The van der Waals surface area contributed by atoms with Crippen LogP contribution in [0.15, 0.2) is 64.7 Å². The Bertz CT molecular complexity index is 690. The lowest BCUT2D eigenvalue weighted by molar-refractivity contribution is 0.939. The first-order chi connectivity index (χ1) is 12.2. The van der Waals surface area contributed by atoms with Gasteiger partial charge in [-0.05, 0) is 41.1 Å². The van der Waals surface area contributed by atoms with Gasteiger partial charge in [0.2, 0.25) is 0 Å². The van der Waals surface area contributed by atoms with Gasteiger partial charge >= 0.3 is 0 Å². The van der Waals surface area contributed by atoms with E-state index in [0.717, 1.165) is 11.3 Å². The summed E-state index contributed by atoms with van der Waals surface area (Å²) in [6.45, 7) is 4.71. The molecule has 0 heterocycles. The molecular weight excluding hydrogens is 357 g/mol. The third-order valence-corrected chi connectivity index (χ3v) is 3.58. The van der Waals surface area contributed by atoms with Gasteiger partial charge in [0.05, 0.1) is 0 Å². The third kappa shape index (κ3) is 8.09. The molecule has 6 heteroatoms. The average Bonchev–Trinajstić information content (AvgIpc) is 2.65. The fourth-order valence-corrected chi connectivity index (χ4v) is 2.56. The van der Waals surface area contributed by atoms with Crippen molar-refractivity contribution in [2.45, 2.75) is 26.8 Å². The molecule has 0 spiro atoms. The normalized spacial score (nSPS) is 11.1. The second-order valence-electron chi connectivity index (χ2n) is 4.91. The van der Waals surface area contributed by atoms with E-state index >= 15 is 0 Å². The maximum absolute atomic E-state index is 12.0. The molecule has 25 heavy (non-hydrogen) atoms. The number of rotatable bonds is 7. The molecule has 0 atom stereocenters. The van der Waals surface area contributed by atoms with Crippen LogP contribution in [-0.2, 0) is 13.0 Å². The summed E-state index contributed by atoms with van der Waals surface area (Å²) in [5.74, 6) is 0. The molecule has 3 N–H and O–H groups in total. The molecule has 0 aliphatic rings. The summed E-state index contributed by atoms with van der Waals surface area (Å²) in [6.07, 6.45) is 3.35. The molecule has 0 radical (unpaired) electrons. The van der Waals surface area contributed by atoms with Crippen LogP contribution in [0.1, 0.15) is 25.0 Å². The Balaban J connectivity index is 0.00000151. The second kappa shape index (κ2) is 12.4. The molecule has 0 saturated carbocycles. The van der Waals surface area contributed by atoms with Crippen LogP contribution in [0.2, 0.25) is 5.02 Å². The Morgan fingerprint density at radius 2 is 1.92 bits per heavy atom. The lowest BCUT2D eigenvalue weighted by Gasteiger charge is -2.10. The minimum absolute atomic E-state index is 0.0974. The van der Waals surface area contributed by atoms with E-state index in [9.17, 15) is 3.89 Å². The van der Waals surface area contributed by atoms with Crippen molar-refractivity contribution >= 4 is 35.8 Å². The number of nitrogens with one attached hydrogen (secondary N) is 1. The number of nitrogens with zero attached hydrogens (tertiary/aromatic N) is 1. The van der Waals surface area contributed by atoms with Gasteiger partial charge in [0.25, 0.3) is 0 Å². The van der Waals surface area contributed by atoms with Gasteiger partial charge < -0.3 is 11.1 Å². The maximum atomic E-state index is 12.0. The van der Waals surface area contributed by atoms with E-state index in [1.165, 1.54) is 18.0 Å². The van der Waals surface area contributed by atoms with Gasteiger partial charge in [-0.25, -0.2) is 0 Å². The van der Waals surface area contributed by atoms with Gasteiger partial charge in [-0.2, -0.15) is 4.40 Å². The molecule has 0 bridgehead atoms. The lowest BCUT2D eigenvalue weighted by atomic mass is 10.1. The van der Waals surface area contributed by atoms with Crippen LogP contribution in [-0.4, -0.2) is 6.21 Å². The summed E-state index contributed by atoms with van der Waals surface area (Å²) in [6, 6.07) is 15.8. The molecule has 0 aliphatic carbocycles. The van der Waals surface area contributed by atoms with Crippen molar-refractivity contribution < 1.29 is 3.89 Å². The second-order valence-corrected chi connectivity index (χ2v) is 5.69. The largest absolute Gasteiger partial charge is 0.404 e. The molecule has 2 aromatic rings. The minimum Gasteiger partial charge on any atom is -0.404 e. The van der Waals surface area contributed by atoms with Crippen molar-refractivity contribution in [1.82, 2.24) is 0 Å². The maximum Gasteiger partial charge on any atom is 0.186 e. The number of halogens is 2. The van der Waals surface area contributed by atoms with Crippen molar-refractivity contribution in [3.8, 4) is 0 Å². The summed E-state index contributed by atoms with van der Waals surface area (Å²) in [4.78, 5) is 0. The summed E-state index contributed by atoms with van der Waals surface area (Å²) in [7, 11) is 0. The first-order valence-electron chi connectivity index (χ1n) is 8.00. The molecule has 0 fully saturated rings. The number of hydrogen-bond donors (Lipinski definition) is 2. The monoisotopic (exact) mass is 379 g/mol. The fraction of sp³-hybridized carbons (Fsp3) is 0.211. The molecular formula is C19H23ClFN3S. The van der Waals surface area contributed by atoms with Crippen molar-refractivity contribution in [2.24, 2.45) is 10.1 Å². The van der Waals surface area contributed by atoms with Crippen molar-refractivity contribution in [3.05, 3.63) is 76.5 Å². The van der Waals surface area contributed by atoms with E-state index in [1.54, 1.807) is 0 Å². The lowest BCUT2D eigenvalue weighted by Crippen LogP contribution is -2.01. The van der Waals surface area contributed by atoms with Gasteiger partial charge in [-0.1, -0.05) is 55.8 Å². The molecule has 0 unspecified atom stereocenters. The summed E-state index contributed by atoms with van der Waals surface area (Å²) >= 11 is 6.08. The fourth-order valence-electron chi connectivity index (χ4n) is 2.13. The number of allylic oxidation sites excluding steroid dienone is 1. The zero-order chi connectivity index (χ0) is 18.5. The zero-order valence-corrected chi connectivity index (χ0v) is 15.9. The van der Waals surface area contributed by atoms with Crippen LogP contribution in [0.4, 0.5) is 9.57 Å². The Morgan fingerprint density at radius 1 is 1.20 bits per heavy atom. The highest BCUT2D eigenvalue weighted by atomic mass is 35.5. The highest BCUT2D eigenvalue weighted by molar-refractivity contribution is 7.93. The first-order valence-corrected chi connectivity index (χ1v) is 9.05. The molecule has 0 saturated heterocycles. The Morgan fingerprint density at radius 3 is 2.56 bits per heavy atom. The Kier molecular flexibility index (Phi) is 10.4. The molecule has 0 aliphatic heterocycles. The Labute approximate surface area is 158 Å². The molecule has 2 aromatic carbocycles. The predicted octanol–water partition coefficient (Wildman–Crippen LogP) is 5.97. The van der Waals surface area contributed by atoms with E-state index < -0.39 is 0 Å². The minimum atomic E-state index is -0.0974. The smallest absolute Gasteiger partial charge is 0.186 e. The highest BCUT2D eigenvalue weighted by Gasteiger charge is 2.03. The number of nitrogens with two attached hydrogens (primary N) is 1. The van der Waals surface area contributed by atoms with Crippen LogP contribution in [0.3, 0.4) is 0 Å². The average molecular weight is 380 g/mol. The van der Waals surface area contributed by atoms with Crippen molar-refractivity contribution in [3.63, 3.8) is 0 Å². The van der Waals surface area contributed by atoms with E-state index in [-0.39, 0.29) is 12.3 Å². The van der Waals surface area contributed by atoms with Crippen molar-refractivity contribution in [2.75, 3.05) is 5.32 Å². The van der Waals surface area contributed by atoms with E-state index in [1.807, 2.05) is 50.2 Å². The molecule has 2 rings (SSSR count). The zero-order valence-electron chi connectivity index (χ0n) is 14.4. The standard InChI is InChI=1S/C17H17ClFN3S.C2H6/c18-16-7-14(6-15(10-20)12-22-23-19)8-17(9-16)21-11-13-4-2-1-3-5-13;1-2/h1-5,7-10,12,21H,6,11,20H2;1-2H3/b15-10-,22-12+;. The van der Waals surface area contributed by atoms with E-state index in [0.29, 0.717) is 23.6 Å². The van der Waals surface area contributed by atoms with Gasteiger partial charge in [-0.3, -0.25) is 0 Å². The number of hydrogen-bond acceptors (Lipinski definition) is 4. The van der Waals surface area contributed by atoms with Crippen molar-refractivity contribution in [1.29, 1.82) is 0 Å². The molecule has 3 nitrogen and oxygen atoms in total.